The van der Waals surface area contributed by atoms with E-state index in [0.717, 1.165) is 11.4 Å². The molecule has 0 aliphatic carbocycles. The Hall–Kier alpha value is -1.26. The zero-order valence-electron chi connectivity index (χ0n) is 10.9. The molecule has 4 heteroatoms. The molecule has 0 bridgehead atoms. The summed E-state index contributed by atoms with van der Waals surface area (Å²) in [5, 5.41) is 0.687. The van der Waals surface area contributed by atoms with Crippen LogP contribution in [0.25, 0.3) is 0 Å². The van der Waals surface area contributed by atoms with Gasteiger partial charge in [-0.1, -0.05) is 41.1 Å². The van der Waals surface area contributed by atoms with E-state index in [4.69, 9.17) is 10.2 Å². The number of aryl methyl sites for hydroxylation is 3. The summed E-state index contributed by atoms with van der Waals surface area (Å²) in [6, 6.07) is 6.43. The van der Waals surface area contributed by atoms with Crippen molar-refractivity contribution in [3.63, 3.8) is 0 Å². The maximum Gasteiger partial charge on any atom is 0.255 e. The van der Waals surface area contributed by atoms with Gasteiger partial charge >= 0.3 is 0 Å². The van der Waals surface area contributed by atoms with E-state index < -0.39 is 0 Å². The van der Waals surface area contributed by atoms with E-state index >= 15 is 0 Å². The smallest absolute Gasteiger partial charge is 0.255 e. The molecule has 2 aromatic rings. The molecule has 0 aliphatic heterocycles. The van der Waals surface area contributed by atoms with E-state index in [2.05, 4.69) is 37.0 Å². The molecule has 1 atom stereocenters. The van der Waals surface area contributed by atoms with Crippen molar-refractivity contribution in [1.82, 2.24) is 4.98 Å². The van der Waals surface area contributed by atoms with Gasteiger partial charge in [0.05, 0.1) is 5.69 Å². The Balaban J connectivity index is 2.01. The molecule has 0 spiro atoms. The number of thioether (sulfide) groups is 1. The number of oxazole rings is 1. The number of rotatable bonds is 4. The van der Waals surface area contributed by atoms with Crippen molar-refractivity contribution in [3.05, 3.63) is 46.8 Å². The van der Waals surface area contributed by atoms with Crippen LogP contribution in [0.5, 0.6) is 0 Å². The van der Waals surface area contributed by atoms with Crippen LogP contribution in [-0.4, -0.2) is 10.7 Å². The summed E-state index contributed by atoms with van der Waals surface area (Å²) in [5.74, 6) is 0.767. The summed E-state index contributed by atoms with van der Waals surface area (Å²) in [5.41, 5.74) is 10.8. The maximum atomic E-state index is 6.20. The lowest BCUT2D eigenvalue weighted by Crippen LogP contribution is -2.13. The lowest BCUT2D eigenvalue weighted by Gasteiger charge is -2.12. The largest absolute Gasteiger partial charge is 0.440 e. The van der Waals surface area contributed by atoms with Crippen LogP contribution in [0.4, 0.5) is 0 Å². The fourth-order valence-electron chi connectivity index (χ4n) is 1.88. The van der Waals surface area contributed by atoms with Crippen LogP contribution in [-0.2, 0) is 0 Å². The van der Waals surface area contributed by atoms with Crippen molar-refractivity contribution in [1.29, 1.82) is 0 Å². The van der Waals surface area contributed by atoms with Gasteiger partial charge in [-0.25, -0.2) is 4.98 Å². The highest BCUT2D eigenvalue weighted by Crippen LogP contribution is 2.24. The molecule has 2 rings (SSSR count). The Kier molecular flexibility index (Phi) is 4.09. The SMILES string of the molecule is Cc1cc(C)cc(C(N)CSc2nc(C)co2)c1. The summed E-state index contributed by atoms with van der Waals surface area (Å²) in [7, 11) is 0. The van der Waals surface area contributed by atoms with Gasteiger partial charge in [0.25, 0.3) is 5.22 Å². The van der Waals surface area contributed by atoms with E-state index in [-0.39, 0.29) is 6.04 Å². The number of hydrogen-bond donors (Lipinski definition) is 1. The molecule has 96 valence electrons. The highest BCUT2D eigenvalue weighted by Gasteiger charge is 2.10. The Morgan fingerprint density at radius 3 is 2.44 bits per heavy atom. The maximum absolute atomic E-state index is 6.20. The average molecular weight is 262 g/mol. The standard InChI is InChI=1S/C14H18N2OS/c1-9-4-10(2)6-12(5-9)13(15)8-18-14-16-11(3)7-17-14/h4-7,13H,8,15H2,1-3H3. The predicted molar refractivity (Wildman–Crippen MR) is 74.8 cm³/mol. The van der Waals surface area contributed by atoms with Crippen LogP contribution in [0.1, 0.15) is 28.4 Å². The zero-order valence-corrected chi connectivity index (χ0v) is 11.8. The minimum absolute atomic E-state index is 0.000746. The predicted octanol–water partition coefficient (Wildman–Crippen LogP) is 3.39. The van der Waals surface area contributed by atoms with E-state index in [1.54, 1.807) is 18.0 Å². The van der Waals surface area contributed by atoms with Gasteiger partial charge in [-0.15, -0.1) is 0 Å². The molecule has 1 aromatic carbocycles. The highest BCUT2D eigenvalue weighted by atomic mass is 32.2. The summed E-state index contributed by atoms with van der Waals surface area (Å²) < 4.78 is 5.29. The number of hydrogen-bond acceptors (Lipinski definition) is 4. The van der Waals surface area contributed by atoms with Gasteiger partial charge < -0.3 is 10.2 Å². The van der Waals surface area contributed by atoms with Crippen molar-refractivity contribution in [2.45, 2.75) is 32.0 Å². The summed E-state index contributed by atoms with van der Waals surface area (Å²) in [6.07, 6.45) is 1.66. The zero-order chi connectivity index (χ0) is 13.1. The molecule has 0 saturated carbocycles. The van der Waals surface area contributed by atoms with Crippen molar-refractivity contribution in [3.8, 4) is 0 Å². The first kappa shape index (κ1) is 13.2. The fourth-order valence-corrected chi connectivity index (χ4v) is 2.72. The van der Waals surface area contributed by atoms with E-state index in [0.29, 0.717) is 5.22 Å². The third-order valence-corrected chi connectivity index (χ3v) is 3.62. The summed E-state index contributed by atoms with van der Waals surface area (Å²) in [4.78, 5) is 4.25. The molecule has 0 amide bonds. The van der Waals surface area contributed by atoms with Gasteiger partial charge in [-0.2, -0.15) is 0 Å². The molecule has 3 nitrogen and oxygen atoms in total. The van der Waals surface area contributed by atoms with Crippen molar-refractivity contribution in [2.24, 2.45) is 5.73 Å². The fraction of sp³-hybridized carbons (Fsp3) is 0.357. The Bertz CT molecular complexity index is 516. The molecule has 0 aliphatic rings. The lowest BCUT2D eigenvalue weighted by molar-refractivity contribution is 0.453. The third kappa shape index (κ3) is 3.37. The van der Waals surface area contributed by atoms with Gasteiger partial charge in [0.2, 0.25) is 0 Å². The van der Waals surface area contributed by atoms with E-state index in [9.17, 15) is 0 Å². The van der Waals surface area contributed by atoms with Crippen LogP contribution in [0.2, 0.25) is 0 Å². The number of benzene rings is 1. The van der Waals surface area contributed by atoms with E-state index in [1.807, 2.05) is 6.92 Å². The summed E-state index contributed by atoms with van der Waals surface area (Å²) >= 11 is 1.55. The van der Waals surface area contributed by atoms with E-state index in [1.165, 1.54) is 16.7 Å². The first-order chi connectivity index (χ1) is 8.54. The Morgan fingerprint density at radius 1 is 1.22 bits per heavy atom. The first-order valence-electron chi connectivity index (χ1n) is 5.93. The van der Waals surface area contributed by atoms with Gasteiger partial charge in [0.15, 0.2) is 0 Å². The monoisotopic (exact) mass is 262 g/mol. The molecule has 2 N–H and O–H groups in total. The second kappa shape index (κ2) is 5.59. The average Bonchev–Trinajstić information content (AvgIpc) is 2.70. The number of aromatic nitrogens is 1. The lowest BCUT2D eigenvalue weighted by atomic mass is 10.0. The van der Waals surface area contributed by atoms with Crippen molar-refractivity contribution < 1.29 is 4.42 Å². The quantitative estimate of drug-likeness (QED) is 0.858. The second-order valence-corrected chi connectivity index (χ2v) is 5.56. The van der Waals surface area contributed by atoms with Crippen LogP contribution >= 0.6 is 11.8 Å². The number of nitrogens with two attached hydrogens (primary N) is 1. The molecule has 0 fully saturated rings. The van der Waals surface area contributed by atoms with Crippen molar-refractivity contribution in [2.75, 3.05) is 5.75 Å². The van der Waals surface area contributed by atoms with Crippen LogP contribution in [0.3, 0.4) is 0 Å². The topological polar surface area (TPSA) is 52.0 Å². The molecular formula is C14H18N2OS. The number of nitrogens with zero attached hydrogens (tertiary/aromatic N) is 1. The van der Waals surface area contributed by atoms with Crippen LogP contribution in [0, 0.1) is 20.8 Å². The van der Waals surface area contributed by atoms with Gasteiger partial charge in [-0.3, -0.25) is 0 Å². The Labute approximate surface area is 112 Å². The third-order valence-electron chi connectivity index (χ3n) is 2.66. The van der Waals surface area contributed by atoms with Gasteiger partial charge in [0, 0.05) is 11.8 Å². The Morgan fingerprint density at radius 2 is 1.89 bits per heavy atom. The first-order valence-corrected chi connectivity index (χ1v) is 6.92. The molecule has 0 radical (unpaired) electrons. The summed E-state index contributed by atoms with van der Waals surface area (Å²) in [6.45, 7) is 6.10. The molecule has 0 saturated heterocycles. The molecule has 1 heterocycles. The molecule has 18 heavy (non-hydrogen) atoms. The highest BCUT2D eigenvalue weighted by molar-refractivity contribution is 7.99. The molecule has 1 aromatic heterocycles. The minimum atomic E-state index is 0.000746. The normalized spacial score (nSPS) is 12.7. The van der Waals surface area contributed by atoms with Gasteiger partial charge in [0.1, 0.15) is 6.26 Å². The molecule has 1 unspecified atom stereocenters. The molecular weight excluding hydrogens is 244 g/mol. The minimum Gasteiger partial charge on any atom is -0.440 e. The second-order valence-electron chi connectivity index (χ2n) is 4.59. The van der Waals surface area contributed by atoms with Crippen molar-refractivity contribution >= 4 is 11.8 Å². The van der Waals surface area contributed by atoms with Gasteiger partial charge in [-0.05, 0) is 26.3 Å². The van der Waals surface area contributed by atoms with Crippen LogP contribution < -0.4 is 5.73 Å². The van der Waals surface area contributed by atoms with Crippen LogP contribution in [0.15, 0.2) is 34.1 Å².